The molecule has 3 rings (SSSR count). The third-order valence-electron chi connectivity index (χ3n) is 5.16. The highest BCUT2D eigenvalue weighted by molar-refractivity contribution is 5.85. The molecule has 2 N–H and O–H groups in total. The monoisotopic (exact) mass is 384 g/mol. The SMILES string of the molecule is O=C(CNC(=O)Cc1ccccc1)NCC1(c2cccc(F)c2)CCOCC1. The summed E-state index contributed by atoms with van der Waals surface area (Å²) in [5.41, 5.74) is 1.40. The standard InChI is InChI=1S/C22H25FN2O3/c23-19-8-4-7-18(14-19)22(9-11-28-12-10-22)16-25-21(27)15-24-20(26)13-17-5-2-1-3-6-17/h1-8,14H,9-13,15-16H2,(H,24,26)(H,25,27). The first-order valence-corrected chi connectivity index (χ1v) is 9.49. The van der Waals surface area contributed by atoms with Crippen molar-refractivity contribution >= 4 is 11.8 Å². The van der Waals surface area contributed by atoms with Crippen molar-refractivity contribution in [1.82, 2.24) is 10.6 Å². The van der Waals surface area contributed by atoms with Gasteiger partial charge >= 0.3 is 0 Å². The Kier molecular flexibility index (Phi) is 6.76. The molecule has 0 saturated carbocycles. The second kappa shape index (κ2) is 9.46. The first-order valence-electron chi connectivity index (χ1n) is 9.49. The number of nitrogens with one attached hydrogen (secondary N) is 2. The first kappa shape index (κ1) is 20.0. The predicted molar refractivity (Wildman–Crippen MR) is 104 cm³/mol. The molecule has 0 unspecified atom stereocenters. The Bertz CT molecular complexity index is 804. The third kappa shape index (κ3) is 5.39. The van der Waals surface area contributed by atoms with E-state index in [0.717, 1.165) is 11.1 Å². The average molecular weight is 384 g/mol. The second-order valence-corrected chi connectivity index (χ2v) is 7.12. The van der Waals surface area contributed by atoms with Crippen molar-refractivity contribution in [3.05, 3.63) is 71.5 Å². The predicted octanol–water partition coefficient (Wildman–Crippen LogP) is 2.35. The molecule has 1 aliphatic heterocycles. The van der Waals surface area contributed by atoms with Gasteiger partial charge in [0.1, 0.15) is 5.82 Å². The molecule has 0 atom stereocenters. The number of benzene rings is 2. The fraction of sp³-hybridized carbons (Fsp3) is 0.364. The lowest BCUT2D eigenvalue weighted by Crippen LogP contribution is -2.47. The van der Waals surface area contributed by atoms with Crippen LogP contribution < -0.4 is 10.6 Å². The van der Waals surface area contributed by atoms with E-state index in [1.165, 1.54) is 12.1 Å². The van der Waals surface area contributed by atoms with Gasteiger partial charge in [-0.1, -0.05) is 42.5 Å². The quantitative estimate of drug-likeness (QED) is 0.770. The Balaban J connectivity index is 1.53. The minimum atomic E-state index is -0.357. The molecule has 0 spiro atoms. The van der Waals surface area contributed by atoms with E-state index in [4.69, 9.17) is 4.74 Å². The molecule has 2 aromatic carbocycles. The highest BCUT2D eigenvalue weighted by Gasteiger charge is 2.35. The molecule has 0 radical (unpaired) electrons. The van der Waals surface area contributed by atoms with Crippen LogP contribution in [0.4, 0.5) is 4.39 Å². The van der Waals surface area contributed by atoms with E-state index in [-0.39, 0.29) is 36.0 Å². The number of hydrogen-bond acceptors (Lipinski definition) is 3. The van der Waals surface area contributed by atoms with E-state index in [9.17, 15) is 14.0 Å². The number of amides is 2. The Morgan fingerprint density at radius 2 is 1.71 bits per heavy atom. The molecule has 1 aliphatic rings. The van der Waals surface area contributed by atoms with Crippen LogP contribution in [0.5, 0.6) is 0 Å². The van der Waals surface area contributed by atoms with E-state index in [1.54, 1.807) is 6.07 Å². The number of carbonyl (C=O) groups excluding carboxylic acids is 2. The van der Waals surface area contributed by atoms with Crippen LogP contribution in [0.15, 0.2) is 54.6 Å². The van der Waals surface area contributed by atoms with Crippen LogP contribution >= 0.6 is 0 Å². The van der Waals surface area contributed by atoms with Crippen molar-refractivity contribution < 1.29 is 18.7 Å². The average Bonchev–Trinajstić information content (AvgIpc) is 2.72. The highest BCUT2D eigenvalue weighted by atomic mass is 19.1. The zero-order valence-electron chi connectivity index (χ0n) is 15.7. The van der Waals surface area contributed by atoms with Gasteiger partial charge in [0, 0.05) is 25.2 Å². The van der Waals surface area contributed by atoms with Crippen molar-refractivity contribution in [2.24, 2.45) is 0 Å². The van der Waals surface area contributed by atoms with Gasteiger partial charge in [0.25, 0.3) is 0 Å². The molecule has 0 aromatic heterocycles. The summed E-state index contributed by atoms with van der Waals surface area (Å²) in [4.78, 5) is 24.2. The molecule has 1 fully saturated rings. The van der Waals surface area contributed by atoms with Crippen LogP contribution in [0, 0.1) is 5.82 Å². The first-order chi connectivity index (χ1) is 13.6. The number of ether oxygens (including phenoxy) is 1. The molecule has 148 valence electrons. The van der Waals surface area contributed by atoms with E-state index in [0.29, 0.717) is 32.6 Å². The fourth-order valence-corrected chi connectivity index (χ4v) is 3.50. The summed E-state index contributed by atoms with van der Waals surface area (Å²) in [5.74, 6) is -0.751. The molecule has 0 aliphatic carbocycles. The van der Waals surface area contributed by atoms with Crippen molar-refractivity contribution in [2.75, 3.05) is 26.3 Å². The summed E-state index contributed by atoms with van der Waals surface area (Å²) in [6, 6.07) is 15.9. The molecule has 2 aromatic rings. The van der Waals surface area contributed by atoms with Gasteiger partial charge in [-0.3, -0.25) is 9.59 Å². The van der Waals surface area contributed by atoms with Crippen molar-refractivity contribution in [3.63, 3.8) is 0 Å². The minimum Gasteiger partial charge on any atom is -0.381 e. The van der Waals surface area contributed by atoms with Gasteiger partial charge in [-0.15, -0.1) is 0 Å². The molecular formula is C22H25FN2O3. The lowest BCUT2D eigenvalue weighted by Gasteiger charge is -2.38. The summed E-state index contributed by atoms with van der Waals surface area (Å²) in [6.45, 7) is 1.44. The van der Waals surface area contributed by atoms with Crippen LogP contribution in [0.25, 0.3) is 0 Å². The summed E-state index contributed by atoms with van der Waals surface area (Å²) in [6.07, 6.45) is 1.65. The number of hydrogen-bond donors (Lipinski definition) is 2. The zero-order chi connectivity index (χ0) is 19.8. The fourth-order valence-electron chi connectivity index (χ4n) is 3.50. The molecule has 6 heteroatoms. The minimum absolute atomic E-state index is 0.0819. The maximum absolute atomic E-state index is 13.7. The van der Waals surface area contributed by atoms with Gasteiger partial charge < -0.3 is 15.4 Å². The maximum atomic E-state index is 13.7. The Morgan fingerprint density at radius 3 is 2.43 bits per heavy atom. The normalized spacial score (nSPS) is 15.6. The smallest absolute Gasteiger partial charge is 0.239 e. The Hall–Kier alpha value is -2.73. The van der Waals surface area contributed by atoms with Gasteiger partial charge in [-0.25, -0.2) is 4.39 Å². The van der Waals surface area contributed by atoms with Gasteiger partial charge in [-0.2, -0.15) is 0 Å². The van der Waals surface area contributed by atoms with Crippen LogP contribution in [0.3, 0.4) is 0 Å². The largest absolute Gasteiger partial charge is 0.381 e. The summed E-state index contributed by atoms with van der Waals surface area (Å²) < 4.78 is 19.2. The maximum Gasteiger partial charge on any atom is 0.239 e. The summed E-state index contributed by atoms with van der Waals surface area (Å²) in [5, 5.41) is 5.54. The van der Waals surface area contributed by atoms with Gasteiger partial charge in [0.15, 0.2) is 0 Å². The van der Waals surface area contributed by atoms with E-state index in [1.807, 2.05) is 36.4 Å². The van der Waals surface area contributed by atoms with E-state index >= 15 is 0 Å². The summed E-state index contributed by atoms with van der Waals surface area (Å²) in [7, 11) is 0. The molecule has 1 heterocycles. The summed E-state index contributed by atoms with van der Waals surface area (Å²) >= 11 is 0. The Labute approximate surface area is 164 Å². The van der Waals surface area contributed by atoms with Crippen LogP contribution in [0.2, 0.25) is 0 Å². The van der Waals surface area contributed by atoms with Gasteiger partial charge in [0.05, 0.1) is 13.0 Å². The Morgan fingerprint density at radius 1 is 0.964 bits per heavy atom. The zero-order valence-corrected chi connectivity index (χ0v) is 15.7. The molecule has 0 bridgehead atoms. The van der Waals surface area contributed by atoms with Crippen LogP contribution in [-0.4, -0.2) is 38.1 Å². The van der Waals surface area contributed by atoms with E-state index < -0.39 is 0 Å². The lowest BCUT2D eigenvalue weighted by atomic mass is 9.74. The number of carbonyl (C=O) groups is 2. The molecule has 28 heavy (non-hydrogen) atoms. The molecule has 5 nitrogen and oxygen atoms in total. The van der Waals surface area contributed by atoms with Crippen LogP contribution in [0.1, 0.15) is 24.0 Å². The van der Waals surface area contributed by atoms with Crippen molar-refractivity contribution in [1.29, 1.82) is 0 Å². The number of halogens is 1. The van der Waals surface area contributed by atoms with Crippen molar-refractivity contribution in [2.45, 2.75) is 24.7 Å². The highest BCUT2D eigenvalue weighted by Crippen LogP contribution is 2.34. The third-order valence-corrected chi connectivity index (χ3v) is 5.16. The van der Waals surface area contributed by atoms with Crippen LogP contribution in [-0.2, 0) is 26.2 Å². The molecule has 1 saturated heterocycles. The van der Waals surface area contributed by atoms with Gasteiger partial charge in [-0.05, 0) is 36.1 Å². The van der Waals surface area contributed by atoms with Crippen molar-refractivity contribution in [3.8, 4) is 0 Å². The molecular weight excluding hydrogens is 359 g/mol. The van der Waals surface area contributed by atoms with E-state index in [2.05, 4.69) is 10.6 Å². The molecule has 2 amide bonds. The second-order valence-electron chi connectivity index (χ2n) is 7.12. The topological polar surface area (TPSA) is 67.4 Å². The van der Waals surface area contributed by atoms with Gasteiger partial charge in [0.2, 0.25) is 11.8 Å². The number of rotatable bonds is 7. The lowest BCUT2D eigenvalue weighted by molar-refractivity contribution is -0.126.